The molecule has 1 unspecified atom stereocenters. The zero-order chi connectivity index (χ0) is 12.2. The molecule has 0 saturated heterocycles. The van der Waals surface area contributed by atoms with Crippen LogP contribution in [0.4, 0.5) is 0 Å². The maximum atomic E-state index is 10.8. The van der Waals surface area contributed by atoms with E-state index in [1.54, 1.807) is 13.0 Å². The maximum absolute atomic E-state index is 10.8. The molecule has 3 heteroatoms. The lowest BCUT2D eigenvalue weighted by Crippen LogP contribution is -2.31. The molecule has 1 rings (SSSR count). The summed E-state index contributed by atoms with van der Waals surface area (Å²) in [6, 6.07) is 5.39. The topological polar surface area (TPSA) is 46.5 Å². The number of hydrogen-bond donors (Lipinski definition) is 1. The van der Waals surface area contributed by atoms with Gasteiger partial charge in [0.05, 0.1) is 11.2 Å². The summed E-state index contributed by atoms with van der Waals surface area (Å²) >= 11 is 0. The third-order valence-electron chi connectivity index (χ3n) is 2.66. The van der Waals surface area contributed by atoms with Gasteiger partial charge < -0.3 is 9.84 Å². The lowest BCUT2D eigenvalue weighted by Gasteiger charge is -2.22. The lowest BCUT2D eigenvalue weighted by atomic mass is 10.1. The summed E-state index contributed by atoms with van der Waals surface area (Å²) in [6.07, 6.45) is 1.37. The van der Waals surface area contributed by atoms with Crippen molar-refractivity contribution in [2.45, 2.75) is 32.8 Å². The number of benzene rings is 1. The van der Waals surface area contributed by atoms with Crippen molar-refractivity contribution in [1.82, 2.24) is 0 Å². The van der Waals surface area contributed by atoms with Gasteiger partial charge in [0.15, 0.2) is 6.29 Å². The quantitative estimate of drug-likeness (QED) is 0.778. The Labute approximate surface area is 96.1 Å². The lowest BCUT2D eigenvalue weighted by molar-refractivity contribution is 0.00807. The van der Waals surface area contributed by atoms with Gasteiger partial charge in [0.25, 0.3) is 0 Å². The van der Waals surface area contributed by atoms with Crippen LogP contribution in [0.3, 0.4) is 0 Å². The Morgan fingerprint density at radius 2 is 2.19 bits per heavy atom. The molecule has 0 heterocycles. The van der Waals surface area contributed by atoms with Crippen molar-refractivity contribution in [3.05, 3.63) is 29.3 Å². The minimum atomic E-state index is -0.859. The van der Waals surface area contributed by atoms with Crippen LogP contribution in [-0.2, 0) is 0 Å². The minimum absolute atomic E-state index is 0.190. The van der Waals surface area contributed by atoms with Crippen molar-refractivity contribution in [2.75, 3.05) is 6.61 Å². The van der Waals surface area contributed by atoms with Gasteiger partial charge in [-0.1, -0.05) is 19.1 Å². The van der Waals surface area contributed by atoms with Crippen molar-refractivity contribution in [3.8, 4) is 5.75 Å². The van der Waals surface area contributed by atoms with Gasteiger partial charge in [0, 0.05) is 0 Å². The van der Waals surface area contributed by atoms with Crippen LogP contribution in [0, 0.1) is 6.92 Å². The first kappa shape index (κ1) is 12.7. The number of rotatable bonds is 5. The Balaban J connectivity index is 2.84. The molecule has 0 saturated carbocycles. The summed E-state index contributed by atoms with van der Waals surface area (Å²) in [4.78, 5) is 10.8. The van der Waals surface area contributed by atoms with E-state index in [-0.39, 0.29) is 6.61 Å². The van der Waals surface area contributed by atoms with E-state index in [2.05, 4.69) is 0 Å². The van der Waals surface area contributed by atoms with Crippen LogP contribution in [-0.4, -0.2) is 23.6 Å². The summed E-state index contributed by atoms with van der Waals surface area (Å²) < 4.78 is 5.53. The van der Waals surface area contributed by atoms with Gasteiger partial charge in [-0.2, -0.15) is 0 Å². The predicted molar refractivity (Wildman–Crippen MR) is 63.0 cm³/mol. The Morgan fingerprint density at radius 1 is 1.50 bits per heavy atom. The van der Waals surface area contributed by atoms with Crippen molar-refractivity contribution >= 4 is 6.29 Å². The van der Waals surface area contributed by atoms with E-state index < -0.39 is 5.60 Å². The van der Waals surface area contributed by atoms with Crippen LogP contribution in [0.5, 0.6) is 5.75 Å². The summed E-state index contributed by atoms with van der Waals surface area (Å²) in [5.74, 6) is 0.561. The molecule has 1 N–H and O–H groups in total. The fourth-order valence-corrected chi connectivity index (χ4v) is 1.29. The van der Waals surface area contributed by atoms with Crippen molar-refractivity contribution < 1.29 is 14.6 Å². The van der Waals surface area contributed by atoms with Crippen LogP contribution < -0.4 is 4.74 Å². The van der Waals surface area contributed by atoms with Crippen LogP contribution in [0.1, 0.15) is 36.2 Å². The third kappa shape index (κ3) is 3.07. The summed E-state index contributed by atoms with van der Waals surface area (Å²) in [6.45, 7) is 5.67. The van der Waals surface area contributed by atoms with Gasteiger partial charge in [-0.25, -0.2) is 0 Å². The number of hydrogen-bond acceptors (Lipinski definition) is 3. The van der Waals surface area contributed by atoms with Crippen LogP contribution >= 0.6 is 0 Å². The van der Waals surface area contributed by atoms with E-state index in [0.29, 0.717) is 17.7 Å². The fourth-order valence-electron chi connectivity index (χ4n) is 1.29. The molecule has 1 aromatic rings. The molecule has 0 amide bonds. The number of carbonyl (C=O) groups excluding carboxylic acids is 1. The van der Waals surface area contributed by atoms with Gasteiger partial charge in [0.2, 0.25) is 0 Å². The summed E-state index contributed by atoms with van der Waals surface area (Å²) in [5, 5.41) is 9.83. The third-order valence-corrected chi connectivity index (χ3v) is 2.66. The molecular weight excluding hydrogens is 204 g/mol. The summed E-state index contributed by atoms with van der Waals surface area (Å²) in [7, 11) is 0. The largest absolute Gasteiger partial charge is 0.490 e. The number of ether oxygens (including phenoxy) is 1. The average molecular weight is 222 g/mol. The minimum Gasteiger partial charge on any atom is -0.490 e. The van der Waals surface area contributed by atoms with Crippen LogP contribution in [0.25, 0.3) is 0 Å². The first-order valence-corrected chi connectivity index (χ1v) is 5.40. The monoisotopic (exact) mass is 222 g/mol. The molecule has 0 radical (unpaired) electrons. The molecule has 1 atom stereocenters. The Morgan fingerprint density at radius 3 is 2.75 bits per heavy atom. The Kier molecular flexibility index (Phi) is 4.07. The van der Waals surface area contributed by atoms with Gasteiger partial charge in [0.1, 0.15) is 12.4 Å². The van der Waals surface area contributed by atoms with Gasteiger partial charge >= 0.3 is 0 Å². The second-order valence-electron chi connectivity index (χ2n) is 4.25. The number of aryl methyl sites for hydroxylation is 1. The number of aliphatic hydroxyl groups is 1. The first-order chi connectivity index (χ1) is 7.50. The number of carbonyl (C=O) groups is 1. The zero-order valence-electron chi connectivity index (χ0n) is 9.99. The van der Waals surface area contributed by atoms with Gasteiger partial charge in [-0.05, 0) is 31.9 Å². The molecule has 0 spiro atoms. The molecule has 0 aliphatic rings. The normalized spacial score (nSPS) is 14.2. The van der Waals surface area contributed by atoms with Crippen LogP contribution in [0.15, 0.2) is 18.2 Å². The molecule has 0 aromatic heterocycles. The van der Waals surface area contributed by atoms with Gasteiger partial charge in [-0.15, -0.1) is 0 Å². The molecule has 88 valence electrons. The molecule has 0 aliphatic carbocycles. The molecule has 0 bridgehead atoms. The van der Waals surface area contributed by atoms with E-state index in [4.69, 9.17) is 4.74 Å². The van der Waals surface area contributed by atoms with Crippen molar-refractivity contribution in [1.29, 1.82) is 0 Å². The highest BCUT2D eigenvalue weighted by Gasteiger charge is 2.19. The SMILES string of the molecule is CCC(C)(O)COc1c(C)cccc1C=O. The van der Waals surface area contributed by atoms with Gasteiger partial charge in [-0.3, -0.25) is 4.79 Å². The Hall–Kier alpha value is -1.35. The van der Waals surface area contributed by atoms with E-state index in [9.17, 15) is 9.90 Å². The highest BCUT2D eigenvalue weighted by molar-refractivity contribution is 5.80. The van der Waals surface area contributed by atoms with Crippen molar-refractivity contribution in [3.63, 3.8) is 0 Å². The molecule has 3 nitrogen and oxygen atoms in total. The molecule has 16 heavy (non-hydrogen) atoms. The molecule has 1 aromatic carbocycles. The smallest absolute Gasteiger partial charge is 0.153 e. The predicted octanol–water partition coefficient (Wildman–Crippen LogP) is 2.35. The molecule has 0 aliphatic heterocycles. The highest BCUT2D eigenvalue weighted by Crippen LogP contribution is 2.23. The van der Waals surface area contributed by atoms with E-state index in [0.717, 1.165) is 11.8 Å². The first-order valence-electron chi connectivity index (χ1n) is 5.40. The van der Waals surface area contributed by atoms with E-state index in [1.165, 1.54) is 0 Å². The standard InChI is InChI=1S/C13H18O3/c1-4-13(3,15)9-16-12-10(2)6-5-7-11(12)8-14/h5-8,15H,4,9H2,1-3H3. The second kappa shape index (κ2) is 5.12. The Bertz CT molecular complexity index is 369. The molecule has 0 fully saturated rings. The number of para-hydroxylation sites is 1. The average Bonchev–Trinajstić information content (AvgIpc) is 2.27. The fraction of sp³-hybridized carbons (Fsp3) is 0.462. The maximum Gasteiger partial charge on any atom is 0.153 e. The van der Waals surface area contributed by atoms with Crippen molar-refractivity contribution in [2.24, 2.45) is 0 Å². The second-order valence-corrected chi connectivity index (χ2v) is 4.25. The summed E-state index contributed by atoms with van der Waals surface area (Å²) in [5.41, 5.74) is 0.561. The van der Waals surface area contributed by atoms with E-state index in [1.807, 2.05) is 26.0 Å². The zero-order valence-corrected chi connectivity index (χ0v) is 9.99. The van der Waals surface area contributed by atoms with E-state index >= 15 is 0 Å². The number of aldehydes is 1. The van der Waals surface area contributed by atoms with Crippen LogP contribution in [0.2, 0.25) is 0 Å². The molecular formula is C13H18O3. The highest BCUT2D eigenvalue weighted by atomic mass is 16.5.